The molecule has 8 aromatic carbocycles. The summed E-state index contributed by atoms with van der Waals surface area (Å²) in [5.74, 6) is 1.73. The Balaban J connectivity index is 1.14. The Hall–Kier alpha value is -6.85. The topological polar surface area (TPSA) is 65.0 Å². The maximum atomic E-state index is 6.44. The Morgan fingerprint density at radius 2 is 0.880 bits per heavy atom. The van der Waals surface area contributed by atoms with Crippen LogP contribution < -0.4 is 0 Å². The van der Waals surface area contributed by atoms with Crippen LogP contribution in [0.2, 0.25) is 0 Å². The molecule has 0 aliphatic heterocycles. The number of benzene rings is 8. The molecule has 5 heteroatoms. The summed E-state index contributed by atoms with van der Waals surface area (Å²) in [5.41, 5.74) is 5.87. The second kappa shape index (κ2) is 10.3. The Morgan fingerprint density at radius 1 is 0.320 bits per heavy atom. The van der Waals surface area contributed by atoms with Gasteiger partial charge in [0.1, 0.15) is 22.3 Å². The smallest absolute Gasteiger partial charge is 0.167 e. The lowest BCUT2D eigenvalue weighted by atomic mass is 9.96. The molecule has 5 nitrogen and oxygen atoms in total. The number of rotatable bonds is 3. The molecule has 232 valence electrons. The average Bonchev–Trinajstić information content (AvgIpc) is 3.75. The zero-order valence-corrected chi connectivity index (χ0v) is 26.6. The normalized spacial score (nSPS) is 12.0. The molecule has 11 rings (SSSR count). The van der Waals surface area contributed by atoms with E-state index in [9.17, 15) is 0 Å². The summed E-state index contributed by atoms with van der Waals surface area (Å²) in [4.78, 5) is 15.4. The summed E-state index contributed by atoms with van der Waals surface area (Å²) in [6, 6.07) is 52.4. The molecule has 3 aromatic heterocycles. The molecule has 3 heterocycles. The minimum Gasteiger partial charge on any atom is -0.456 e. The van der Waals surface area contributed by atoms with Gasteiger partial charge in [-0.3, -0.25) is 0 Å². The quantitative estimate of drug-likeness (QED) is 0.180. The first-order valence-corrected chi connectivity index (χ1v) is 16.7. The molecule has 0 unspecified atom stereocenters. The van der Waals surface area contributed by atoms with Crippen molar-refractivity contribution in [1.29, 1.82) is 0 Å². The number of aromatic nitrogens is 3. The van der Waals surface area contributed by atoms with Crippen LogP contribution in [0.1, 0.15) is 0 Å². The zero-order valence-electron chi connectivity index (χ0n) is 26.6. The van der Waals surface area contributed by atoms with Crippen molar-refractivity contribution in [2.45, 2.75) is 0 Å². The molecular formula is C45H25N3O2. The van der Waals surface area contributed by atoms with E-state index in [1.54, 1.807) is 0 Å². The van der Waals surface area contributed by atoms with Gasteiger partial charge in [-0.2, -0.15) is 0 Å². The first-order valence-electron chi connectivity index (χ1n) is 16.7. The maximum absolute atomic E-state index is 6.44. The highest BCUT2D eigenvalue weighted by molar-refractivity contribution is 6.17. The fraction of sp³-hybridized carbons (Fsp3) is 0. The van der Waals surface area contributed by atoms with Crippen LogP contribution in [0.3, 0.4) is 0 Å². The number of hydrogen-bond donors (Lipinski definition) is 0. The van der Waals surface area contributed by atoms with Crippen LogP contribution in [0.15, 0.2) is 160 Å². The summed E-state index contributed by atoms with van der Waals surface area (Å²) >= 11 is 0. The third kappa shape index (κ3) is 4.04. The van der Waals surface area contributed by atoms with Gasteiger partial charge >= 0.3 is 0 Å². The zero-order chi connectivity index (χ0) is 32.8. The van der Waals surface area contributed by atoms with Crippen molar-refractivity contribution in [1.82, 2.24) is 15.0 Å². The van der Waals surface area contributed by atoms with Gasteiger partial charge in [-0.05, 0) is 74.8 Å². The molecule has 0 fully saturated rings. The van der Waals surface area contributed by atoms with Gasteiger partial charge in [0.05, 0.1) is 5.56 Å². The Kier molecular flexibility index (Phi) is 5.60. The van der Waals surface area contributed by atoms with Gasteiger partial charge in [0.15, 0.2) is 17.5 Å². The molecule has 0 atom stereocenters. The molecule has 0 radical (unpaired) electrons. The molecule has 0 spiro atoms. The van der Waals surface area contributed by atoms with Crippen molar-refractivity contribution in [3.05, 3.63) is 152 Å². The highest BCUT2D eigenvalue weighted by Gasteiger charge is 2.19. The van der Waals surface area contributed by atoms with E-state index in [2.05, 4.69) is 91.0 Å². The molecule has 0 bridgehead atoms. The third-order valence-electron chi connectivity index (χ3n) is 9.92. The van der Waals surface area contributed by atoms with Crippen molar-refractivity contribution < 1.29 is 8.83 Å². The second-order valence-electron chi connectivity index (χ2n) is 12.8. The predicted molar refractivity (Wildman–Crippen MR) is 203 cm³/mol. The maximum Gasteiger partial charge on any atom is 0.167 e. The lowest BCUT2D eigenvalue weighted by molar-refractivity contribution is 0.669. The number of fused-ring (bicyclic) bond motifs is 11. The van der Waals surface area contributed by atoms with E-state index in [1.165, 1.54) is 26.9 Å². The lowest BCUT2D eigenvalue weighted by Gasteiger charge is -2.11. The van der Waals surface area contributed by atoms with E-state index in [1.807, 2.05) is 60.7 Å². The van der Waals surface area contributed by atoms with E-state index in [4.69, 9.17) is 23.8 Å². The third-order valence-corrected chi connectivity index (χ3v) is 9.92. The summed E-state index contributed by atoms with van der Waals surface area (Å²) in [5, 5.41) is 11.4. The first-order chi connectivity index (χ1) is 24.7. The summed E-state index contributed by atoms with van der Waals surface area (Å²) < 4.78 is 12.6. The van der Waals surface area contributed by atoms with Gasteiger partial charge in [-0.25, -0.2) is 15.0 Å². The number of hydrogen-bond acceptors (Lipinski definition) is 5. The van der Waals surface area contributed by atoms with Crippen molar-refractivity contribution >= 4 is 76.2 Å². The Bertz CT molecular complexity index is 3170. The minimum absolute atomic E-state index is 0.553. The molecule has 0 saturated carbocycles. The summed E-state index contributed by atoms with van der Waals surface area (Å²) in [7, 11) is 0. The molecule has 0 aliphatic rings. The predicted octanol–water partition coefficient (Wildman–Crippen LogP) is 12.1. The molecule has 0 amide bonds. The monoisotopic (exact) mass is 639 g/mol. The first kappa shape index (κ1) is 27.1. The van der Waals surface area contributed by atoms with Crippen LogP contribution in [0, 0.1) is 0 Å². The van der Waals surface area contributed by atoms with Gasteiger partial charge in [0.25, 0.3) is 0 Å². The van der Waals surface area contributed by atoms with E-state index < -0.39 is 0 Å². The van der Waals surface area contributed by atoms with Crippen molar-refractivity contribution in [2.24, 2.45) is 0 Å². The summed E-state index contributed by atoms with van der Waals surface area (Å²) in [6.45, 7) is 0. The van der Waals surface area contributed by atoms with Gasteiger partial charge < -0.3 is 8.83 Å². The van der Waals surface area contributed by atoms with Crippen LogP contribution in [0.25, 0.3) is 110 Å². The van der Waals surface area contributed by atoms with Crippen molar-refractivity contribution in [3.8, 4) is 34.2 Å². The van der Waals surface area contributed by atoms with Gasteiger partial charge in [-0.15, -0.1) is 0 Å². The highest BCUT2D eigenvalue weighted by Crippen LogP contribution is 2.38. The van der Waals surface area contributed by atoms with Gasteiger partial charge in [-0.1, -0.05) is 109 Å². The lowest BCUT2D eigenvalue weighted by Crippen LogP contribution is -2.00. The van der Waals surface area contributed by atoms with Crippen LogP contribution >= 0.6 is 0 Å². The molecule has 0 N–H and O–H groups in total. The van der Waals surface area contributed by atoms with E-state index in [-0.39, 0.29) is 0 Å². The fourth-order valence-electron chi connectivity index (χ4n) is 7.51. The second-order valence-corrected chi connectivity index (χ2v) is 12.8. The van der Waals surface area contributed by atoms with Crippen LogP contribution in [-0.2, 0) is 0 Å². The fourth-order valence-corrected chi connectivity index (χ4v) is 7.51. The summed E-state index contributed by atoms with van der Waals surface area (Å²) in [6.07, 6.45) is 0. The van der Waals surface area contributed by atoms with Crippen LogP contribution in [0.4, 0.5) is 0 Å². The number of nitrogens with zero attached hydrogens (tertiary/aromatic N) is 3. The molecule has 11 aromatic rings. The van der Waals surface area contributed by atoms with Gasteiger partial charge in [0, 0.05) is 32.7 Å². The largest absolute Gasteiger partial charge is 0.456 e. The van der Waals surface area contributed by atoms with Gasteiger partial charge in [0.2, 0.25) is 0 Å². The molecule has 50 heavy (non-hydrogen) atoms. The standard InChI is InChI=1S/C45H25N3O2/c1-2-9-30-26(8-1)16-21-33-31-20-18-28(24-27(31)17-22-32(30)33)43-46-44(29-19-23-41-38(25-29)35-11-4-5-14-39(35)49-41)48-45(47-43)37-13-7-12-36-34-10-3-6-15-40(34)50-42(36)37/h1-25H. The molecule has 0 saturated heterocycles. The van der Waals surface area contributed by atoms with Crippen LogP contribution in [-0.4, -0.2) is 15.0 Å². The molecule has 0 aliphatic carbocycles. The van der Waals surface area contributed by atoms with Crippen molar-refractivity contribution in [3.63, 3.8) is 0 Å². The minimum atomic E-state index is 0.553. The number of para-hydroxylation sites is 3. The SMILES string of the molecule is c1ccc2c(c1)ccc1c3ccc(-c4nc(-c5ccc6oc7ccccc7c6c5)nc(-c5cccc6c5oc5ccccc56)n4)cc3ccc21. The Morgan fingerprint density at radius 3 is 1.70 bits per heavy atom. The van der Waals surface area contributed by atoms with E-state index in [0.717, 1.165) is 66.0 Å². The van der Waals surface area contributed by atoms with E-state index >= 15 is 0 Å². The van der Waals surface area contributed by atoms with Crippen LogP contribution in [0.5, 0.6) is 0 Å². The average molecular weight is 640 g/mol. The molecular weight excluding hydrogens is 615 g/mol. The number of furan rings is 2. The van der Waals surface area contributed by atoms with E-state index in [0.29, 0.717) is 17.5 Å². The Labute approximate surface area is 285 Å². The van der Waals surface area contributed by atoms with Crippen molar-refractivity contribution in [2.75, 3.05) is 0 Å². The highest BCUT2D eigenvalue weighted by atomic mass is 16.3.